The van der Waals surface area contributed by atoms with Gasteiger partial charge in [-0.3, -0.25) is 4.90 Å². The van der Waals surface area contributed by atoms with Crippen LogP contribution < -0.4 is 5.32 Å². The predicted octanol–water partition coefficient (Wildman–Crippen LogP) is 2.36. The molecule has 1 saturated heterocycles. The van der Waals surface area contributed by atoms with E-state index in [0.717, 1.165) is 31.9 Å². The lowest BCUT2D eigenvalue weighted by molar-refractivity contribution is -0.137. The summed E-state index contributed by atoms with van der Waals surface area (Å²) >= 11 is 0. The Labute approximate surface area is 122 Å². The summed E-state index contributed by atoms with van der Waals surface area (Å²) < 4.78 is 38.5. The molecule has 21 heavy (non-hydrogen) atoms. The Morgan fingerprint density at radius 1 is 1.38 bits per heavy atom. The molecule has 2 heterocycles. The van der Waals surface area contributed by atoms with Crippen LogP contribution in [0.2, 0.25) is 0 Å². The van der Waals surface area contributed by atoms with E-state index in [1.54, 1.807) is 0 Å². The molecule has 118 valence electrons. The summed E-state index contributed by atoms with van der Waals surface area (Å²) in [6.45, 7) is 1.94. The quantitative estimate of drug-likeness (QED) is 0.877. The fourth-order valence-electron chi connectivity index (χ4n) is 2.65. The molecule has 1 aromatic rings. The molecule has 1 atom stereocenters. The second kappa shape index (κ2) is 7.09. The van der Waals surface area contributed by atoms with Crippen molar-refractivity contribution in [3.63, 3.8) is 0 Å². The number of aliphatic hydroxyl groups is 1. The first-order valence-corrected chi connectivity index (χ1v) is 7.13. The van der Waals surface area contributed by atoms with Gasteiger partial charge in [-0.1, -0.05) is 6.42 Å². The molecular weight excluding hydrogens is 283 g/mol. The average Bonchev–Trinajstić information content (AvgIpc) is 2.47. The smallest absolute Gasteiger partial charge is 0.395 e. The third kappa shape index (κ3) is 4.31. The van der Waals surface area contributed by atoms with Crippen LogP contribution in [-0.4, -0.2) is 47.3 Å². The van der Waals surface area contributed by atoms with E-state index in [1.807, 2.05) is 0 Å². The number of halogens is 3. The highest BCUT2D eigenvalue weighted by Gasteiger charge is 2.34. The summed E-state index contributed by atoms with van der Waals surface area (Å²) in [5.41, 5.74) is -0.748. The van der Waals surface area contributed by atoms with Crippen LogP contribution >= 0.6 is 0 Å². The Hall–Kier alpha value is -1.34. The van der Waals surface area contributed by atoms with Crippen molar-refractivity contribution in [2.45, 2.75) is 31.5 Å². The molecule has 0 aliphatic carbocycles. The number of aromatic nitrogens is 1. The van der Waals surface area contributed by atoms with Crippen LogP contribution in [0.1, 0.15) is 24.8 Å². The summed E-state index contributed by atoms with van der Waals surface area (Å²) in [7, 11) is 0. The number of hydrogen-bond acceptors (Lipinski definition) is 4. The van der Waals surface area contributed by atoms with Gasteiger partial charge in [0.05, 0.1) is 12.2 Å². The van der Waals surface area contributed by atoms with Gasteiger partial charge in [0.25, 0.3) is 0 Å². The van der Waals surface area contributed by atoms with E-state index in [4.69, 9.17) is 0 Å². The average molecular weight is 303 g/mol. The normalized spacial score (nSPS) is 20.5. The molecule has 2 N–H and O–H groups in total. The predicted molar refractivity (Wildman–Crippen MR) is 74.0 cm³/mol. The van der Waals surface area contributed by atoms with Gasteiger partial charge in [0.1, 0.15) is 5.82 Å². The lowest BCUT2D eigenvalue weighted by Crippen LogP contribution is -2.44. The van der Waals surface area contributed by atoms with Crippen LogP contribution in [0.25, 0.3) is 0 Å². The number of pyridine rings is 1. The summed E-state index contributed by atoms with van der Waals surface area (Å²) in [5, 5.41) is 12.1. The standard InChI is InChI=1S/C14H20F3N3O/c15-14(16,17)12-5-3-6-18-13(12)19-7-9-20-8-2-1-4-11(20)10-21/h3,5-6,11,21H,1-2,4,7-10H2,(H,18,19). The number of hydrogen-bond donors (Lipinski definition) is 2. The highest BCUT2D eigenvalue weighted by Crippen LogP contribution is 2.33. The Morgan fingerprint density at radius 2 is 2.19 bits per heavy atom. The molecule has 4 nitrogen and oxygen atoms in total. The molecule has 1 aliphatic rings. The lowest BCUT2D eigenvalue weighted by atomic mass is 10.0. The minimum absolute atomic E-state index is 0.0946. The van der Waals surface area contributed by atoms with Gasteiger partial charge in [0.15, 0.2) is 0 Å². The Kier molecular flexibility index (Phi) is 5.41. The van der Waals surface area contributed by atoms with Crippen molar-refractivity contribution in [3.05, 3.63) is 23.9 Å². The van der Waals surface area contributed by atoms with Gasteiger partial charge in [0, 0.05) is 25.3 Å². The van der Waals surface area contributed by atoms with E-state index in [-0.39, 0.29) is 18.5 Å². The number of piperidine rings is 1. The van der Waals surface area contributed by atoms with Crippen LogP contribution in [0.5, 0.6) is 0 Å². The maximum absolute atomic E-state index is 12.8. The van der Waals surface area contributed by atoms with Crippen molar-refractivity contribution in [2.24, 2.45) is 0 Å². The number of anilines is 1. The van der Waals surface area contributed by atoms with E-state index >= 15 is 0 Å². The molecule has 1 unspecified atom stereocenters. The summed E-state index contributed by atoms with van der Waals surface area (Å²) in [6, 6.07) is 2.42. The largest absolute Gasteiger partial charge is 0.419 e. The van der Waals surface area contributed by atoms with Crippen molar-refractivity contribution < 1.29 is 18.3 Å². The third-order valence-corrected chi connectivity index (χ3v) is 3.76. The maximum atomic E-state index is 12.8. The zero-order valence-electron chi connectivity index (χ0n) is 11.7. The molecule has 2 rings (SSSR count). The van der Waals surface area contributed by atoms with Gasteiger partial charge in [-0.2, -0.15) is 13.2 Å². The molecule has 0 aromatic carbocycles. The number of nitrogens with one attached hydrogen (secondary N) is 1. The Balaban J connectivity index is 1.91. The molecule has 0 spiro atoms. The van der Waals surface area contributed by atoms with Gasteiger partial charge in [-0.15, -0.1) is 0 Å². The molecule has 0 amide bonds. The van der Waals surface area contributed by atoms with Gasteiger partial charge in [-0.05, 0) is 31.5 Å². The van der Waals surface area contributed by atoms with Gasteiger partial charge >= 0.3 is 6.18 Å². The van der Waals surface area contributed by atoms with Gasteiger partial charge < -0.3 is 10.4 Å². The zero-order chi connectivity index (χ0) is 15.3. The molecule has 1 aromatic heterocycles. The molecule has 0 radical (unpaired) electrons. The van der Waals surface area contributed by atoms with Crippen LogP contribution in [0.3, 0.4) is 0 Å². The number of alkyl halides is 3. The fourth-order valence-corrected chi connectivity index (χ4v) is 2.65. The van der Waals surface area contributed by atoms with Crippen LogP contribution in [-0.2, 0) is 6.18 Å². The van der Waals surface area contributed by atoms with E-state index in [1.165, 1.54) is 12.3 Å². The lowest BCUT2D eigenvalue weighted by Gasteiger charge is -2.34. The first kappa shape index (κ1) is 16.0. The van der Waals surface area contributed by atoms with Crippen molar-refractivity contribution >= 4 is 5.82 Å². The third-order valence-electron chi connectivity index (χ3n) is 3.76. The Morgan fingerprint density at radius 3 is 2.90 bits per heavy atom. The second-order valence-corrected chi connectivity index (χ2v) is 5.19. The van der Waals surface area contributed by atoms with E-state index < -0.39 is 11.7 Å². The van der Waals surface area contributed by atoms with Crippen LogP contribution in [0, 0.1) is 0 Å². The summed E-state index contributed by atoms with van der Waals surface area (Å²) in [6.07, 6.45) is 0.0275. The molecule has 0 bridgehead atoms. The second-order valence-electron chi connectivity index (χ2n) is 5.19. The zero-order valence-corrected chi connectivity index (χ0v) is 11.7. The minimum atomic E-state index is -4.41. The maximum Gasteiger partial charge on any atom is 0.419 e. The van der Waals surface area contributed by atoms with E-state index in [0.29, 0.717) is 13.1 Å². The molecule has 1 aliphatic heterocycles. The van der Waals surface area contributed by atoms with Crippen molar-refractivity contribution in [1.82, 2.24) is 9.88 Å². The fraction of sp³-hybridized carbons (Fsp3) is 0.643. The molecular formula is C14H20F3N3O. The number of rotatable bonds is 5. The number of aliphatic hydroxyl groups excluding tert-OH is 1. The van der Waals surface area contributed by atoms with Gasteiger partial charge in [-0.25, -0.2) is 4.98 Å². The molecule has 7 heteroatoms. The van der Waals surface area contributed by atoms with Crippen molar-refractivity contribution in [1.29, 1.82) is 0 Å². The number of likely N-dealkylation sites (tertiary alicyclic amines) is 1. The highest BCUT2D eigenvalue weighted by atomic mass is 19.4. The van der Waals surface area contributed by atoms with Crippen molar-refractivity contribution in [2.75, 3.05) is 31.6 Å². The van der Waals surface area contributed by atoms with E-state index in [2.05, 4.69) is 15.2 Å². The minimum Gasteiger partial charge on any atom is -0.395 e. The highest BCUT2D eigenvalue weighted by molar-refractivity contribution is 5.45. The van der Waals surface area contributed by atoms with Crippen LogP contribution in [0.4, 0.5) is 19.0 Å². The van der Waals surface area contributed by atoms with Crippen LogP contribution in [0.15, 0.2) is 18.3 Å². The summed E-state index contributed by atoms with van der Waals surface area (Å²) in [4.78, 5) is 5.89. The topological polar surface area (TPSA) is 48.4 Å². The first-order chi connectivity index (χ1) is 10.0. The Bertz CT molecular complexity index is 453. The SMILES string of the molecule is OCC1CCCCN1CCNc1ncccc1C(F)(F)F. The van der Waals surface area contributed by atoms with E-state index in [9.17, 15) is 18.3 Å². The van der Waals surface area contributed by atoms with Gasteiger partial charge in [0.2, 0.25) is 0 Å². The summed E-state index contributed by atoms with van der Waals surface area (Å²) in [5.74, 6) is -0.137. The molecule has 1 fully saturated rings. The number of nitrogens with zero attached hydrogens (tertiary/aromatic N) is 2. The molecule has 0 saturated carbocycles. The van der Waals surface area contributed by atoms with Crippen molar-refractivity contribution in [3.8, 4) is 0 Å². The monoisotopic (exact) mass is 303 g/mol. The first-order valence-electron chi connectivity index (χ1n) is 7.13.